The van der Waals surface area contributed by atoms with Crippen molar-refractivity contribution >= 4 is 11.8 Å². The third-order valence-corrected chi connectivity index (χ3v) is 1.65. The van der Waals surface area contributed by atoms with Gasteiger partial charge >= 0.3 is 5.97 Å². The van der Waals surface area contributed by atoms with Crippen molar-refractivity contribution in [3.8, 4) is 0 Å². The van der Waals surface area contributed by atoms with Crippen LogP contribution in [0.5, 0.6) is 0 Å². The summed E-state index contributed by atoms with van der Waals surface area (Å²) in [6.07, 6.45) is 1.13. The molecular formula is C10H5F3O3. The highest BCUT2D eigenvalue weighted by Gasteiger charge is 2.13. The Hall–Kier alpha value is -2.11. The van der Waals surface area contributed by atoms with Crippen LogP contribution in [-0.2, 0) is 4.79 Å². The summed E-state index contributed by atoms with van der Waals surface area (Å²) in [4.78, 5) is 21.2. The SMILES string of the molecule is O=C(O)C=CC(=O)c1cc(F)c(F)c(F)c1. The van der Waals surface area contributed by atoms with Gasteiger partial charge in [0.25, 0.3) is 0 Å². The Bertz CT molecular complexity index is 457. The van der Waals surface area contributed by atoms with E-state index in [-0.39, 0.29) is 0 Å². The van der Waals surface area contributed by atoms with Gasteiger partial charge < -0.3 is 5.11 Å². The largest absolute Gasteiger partial charge is 0.478 e. The number of halogens is 3. The van der Waals surface area contributed by atoms with Gasteiger partial charge in [-0.15, -0.1) is 0 Å². The van der Waals surface area contributed by atoms with E-state index < -0.39 is 34.8 Å². The lowest BCUT2D eigenvalue weighted by Gasteiger charge is -1.98. The molecule has 0 unspecified atom stereocenters. The number of rotatable bonds is 3. The monoisotopic (exact) mass is 230 g/mol. The Morgan fingerprint density at radius 1 is 1.06 bits per heavy atom. The Balaban J connectivity index is 3.06. The van der Waals surface area contributed by atoms with Crippen molar-refractivity contribution in [1.82, 2.24) is 0 Å². The van der Waals surface area contributed by atoms with Gasteiger partial charge in [0, 0.05) is 11.6 Å². The van der Waals surface area contributed by atoms with Crippen LogP contribution in [0.4, 0.5) is 13.2 Å². The molecule has 3 nitrogen and oxygen atoms in total. The Morgan fingerprint density at radius 3 is 2.00 bits per heavy atom. The average Bonchev–Trinajstić information content (AvgIpc) is 2.21. The number of hydrogen-bond donors (Lipinski definition) is 1. The molecule has 0 saturated carbocycles. The van der Waals surface area contributed by atoms with Crippen molar-refractivity contribution in [2.24, 2.45) is 0 Å². The molecule has 0 amide bonds. The molecule has 1 aromatic carbocycles. The van der Waals surface area contributed by atoms with Crippen molar-refractivity contribution in [2.75, 3.05) is 0 Å². The minimum Gasteiger partial charge on any atom is -0.478 e. The Labute approximate surface area is 87.8 Å². The molecule has 1 rings (SSSR count). The van der Waals surface area contributed by atoms with E-state index in [2.05, 4.69) is 0 Å². The summed E-state index contributed by atoms with van der Waals surface area (Å²) in [5, 5.41) is 8.22. The van der Waals surface area contributed by atoms with E-state index in [0.29, 0.717) is 24.3 Å². The first-order chi connectivity index (χ1) is 7.41. The number of benzene rings is 1. The van der Waals surface area contributed by atoms with Gasteiger partial charge in [-0.1, -0.05) is 0 Å². The highest BCUT2D eigenvalue weighted by molar-refractivity contribution is 6.06. The molecule has 0 saturated heterocycles. The molecule has 0 aromatic heterocycles. The zero-order chi connectivity index (χ0) is 12.3. The number of ketones is 1. The second-order valence-corrected chi connectivity index (χ2v) is 2.79. The molecule has 1 N–H and O–H groups in total. The number of allylic oxidation sites excluding steroid dienone is 1. The van der Waals surface area contributed by atoms with Crippen LogP contribution in [-0.4, -0.2) is 16.9 Å². The molecule has 0 aliphatic carbocycles. The fourth-order valence-corrected chi connectivity index (χ4v) is 0.941. The van der Waals surface area contributed by atoms with Gasteiger partial charge in [0.1, 0.15) is 0 Å². The molecule has 6 heteroatoms. The van der Waals surface area contributed by atoms with Crippen LogP contribution in [0.1, 0.15) is 10.4 Å². The lowest BCUT2D eigenvalue weighted by atomic mass is 10.1. The summed E-state index contributed by atoms with van der Waals surface area (Å²) >= 11 is 0. The molecule has 0 fully saturated rings. The predicted molar refractivity (Wildman–Crippen MR) is 47.4 cm³/mol. The second kappa shape index (κ2) is 4.61. The third kappa shape index (κ3) is 2.69. The number of carbonyl (C=O) groups excluding carboxylic acids is 1. The standard InChI is InChI=1S/C10H5F3O3/c11-6-3-5(4-7(12)10(6)13)8(14)1-2-9(15)16/h1-4H,(H,15,16). The summed E-state index contributed by atoms with van der Waals surface area (Å²) in [5.41, 5.74) is -0.464. The van der Waals surface area contributed by atoms with Crippen molar-refractivity contribution in [3.63, 3.8) is 0 Å². The van der Waals surface area contributed by atoms with Gasteiger partial charge in [-0.05, 0) is 18.2 Å². The van der Waals surface area contributed by atoms with Gasteiger partial charge in [-0.2, -0.15) is 0 Å². The van der Waals surface area contributed by atoms with Crippen LogP contribution in [0.3, 0.4) is 0 Å². The summed E-state index contributed by atoms with van der Waals surface area (Å²) in [6.45, 7) is 0. The molecule has 0 atom stereocenters. The summed E-state index contributed by atoms with van der Waals surface area (Å²) in [7, 11) is 0. The minimum atomic E-state index is -1.68. The Morgan fingerprint density at radius 2 is 1.56 bits per heavy atom. The lowest BCUT2D eigenvalue weighted by molar-refractivity contribution is -0.131. The van der Waals surface area contributed by atoms with Gasteiger partial charge in [0.15, 0.2) is 23.2 Å². The van der Waals surface area contributed by atoms with Gasteiger partial charge in [0.05, 0.1) is 0 Å². The molecule has 0 aliphatic heterocycles. The van der Waals surface area contributed by atoms with Gasteiger partial charge in [0.2, 0.25) is 0 Å². The van der Waals surface area contributed by atoms with Gasteiger partial charge in [-0.25, -0.2) is 18.0 Å². The quantitative estimate of drug-likeness (QED) is 0.490. The van der Waals surface area contributed by atoms with Crippen LogP contribution < -0.4 is 0 Å². The molecule has 0 heterocycles. The zero-order valence-electron chi connectivity index (χ0n) is 7.71. The zero-order valence-corrected chi connectivity index (χ0v) is 7.71. The molecule has 0 radical (unpaired) electrons. The first kappa shape index (κ1) is 12.0. The Kier molecular flexibility index (Phi) is 3.44. The van der Waals surface area contributed by atoms with Crippen molar-refractivity contribution in [1.29, 1.82) is 0 Å². The fourth-order valence-electron chi connectivity index (χ4n) is 0.941. The number of carboxylic acids is 1. The first-order valence-corrected chi connectivity index (χ1v) is 4.01. The molecule has 84 valence electrons. The normalized spacial score (nSPS) is 10.7. The molecule has 0 aliphatic rings. The van der Waals surface area contributed by atoms with Crippen LogP contribution in [0.2, 0.25) is 0 Å². The summed E-state index contributed by atoms with van der Waals surface area (Å²) in [5.74, 6) is -7.01. The topological polar surface area (TPSA) is 54.4 Å². The smallest absolute Gasteiger partial charge is 0.328 e. The maximum Gasteiger partial charge on any atom is 0.328 e. The highest BCUT2D eigenvalue weighted by Crippen LogP contribution is 2.14. The van der Waals surface area contributed by atoms with E-state index >= 15 is 0 Å². The molecular weight excluding hydrogens is 225 g/mol. The third-order valence-electron chi connectivity index (χ3n) is 1.65. The van der Waals surface area contributed by atoms with E-state index in [1.165, 1.54) is 0 Å². The summed E-state index contributed by atoms with van der Waals surface area (Å²) < 4.78 is 37.9. The van der Waals surface area contributed by atoms with Crippen molar-refractivity contribution < 1.29 is 27.9 Å². The number of carboxylic acid groups (broad SMARTS) is 1. The first-order valence-electron chi connectivity index (χ1n) is 4.01. The average molecular weight is 230 g/mol. The van der Waals surface area contributed by atoms with Crippen LogP contribution in [0.25, 0.3) is 0 Å². The van der Waals surface area contributed by atoms with E-state index in [1.807, 2.05) is 0 Å². The van der Waals surface area contributed by atoms with E-state index in [9.17, 15) is 22.8 Å². The van der Waals surface area contributed by atoms with E-state index in [0.717, 1.165) is 0 Å². The van der Waals surface area contributed by atoms with Crippen molar-refractivity contribution in [2.45, 2.75) is 0 Å². The highest BCUT2D eigenvalue weighted by atomic mass is 19.2. The number of aliphatic carboxylic acids is 1. The van der Waals surface area contributed by atoms with Crippen molar-refractivity contribution in [3.05, 3.63) is 47.3 Å². The number of hydrogen-bond acceptors (Lipinski definition) is 2. The maximum atomic E-state index is 12.7. The molecule has 0 spiro atoms. The van der Waals surface area contributed by atoms with Crippen LogP contribution >= 0.6 is 0 Å². The van der Waals surface area contributed by atoms with Crippen LogP contribution in [0, 0.1) is 17.5 Å². The second-order valence-electron chi connectivity index (χ2n) is 2.79. The molecule has 16 heavy (non-hydrogen) atoms. The number of carbonyl (C=O) groups is 2. The maximum absolute atomic E-state index is 12.7. The van der Waals surface area contributed by atoms with Crippen LogP contribution in [0.15, 0.2) is 24.3 Å². The van der Waals surface area contributed by atoms with E-state index in [4.69, 9.17) is 5.11 Å². The lowest BCUT2D eigenvalue weighted by Crippen LogP contribution is -2.01. The fraction of sp³-hybridized carbons (Fsp3) is 0. The van der Waals surface area contributed by atoms with E-state index in [1.54, 1.807) is 0 Å². The molecule has 1 aromatic rings. The summed E-state index contributed by atoms with van der Waals surface area (Å²) in [6, 6.07) is 0.986. The minimum absolute atomic E-state index is 0.464. The van der Waals surface area contributed by atoms with Gasteiger partial charge in [-0.3, -0.25) is 4.79 Å². The predicted octanol–water partition coefficient (Wildman–Crippen LogP) is 1.93. The molecule has 0 bridgehead atoms.